The molecule has 0 heterocycles. The lowest BCUT2D eigenvalue weighted by molar-refractivity contribution is 0.263. The fourth-order valence-electron chi connectivity index (χ4n) is 2.03. The van der Waals surface area contributed by atoms with Crippen molar-refractivity contribution < 1.29 is 19.0 Å². The van der Waals surface area contributed by atoms with Crippen LogP contribution in [0.1, 0.15) is 17.2 Å². The zero-order valence-electron chi connectivity index (χ0n) is 12.1. The maximum absolute atomic E-state index is 13.5. The molecule has 118 valence electrons. The molecule has 2 aromatic carbocycles. The number of aliphatic hydroxyl groups excluding tert-OH is 1. The van der Waals surface area contributed by atoms with E-state index in [4.69, 9.17) is 26.8 Å². The number of nitrogens with two attached hydrogens (primary N) is 1. The molecule has 0 aliphatic rings. The summed E-state index contributed by atoms with van der Waals surface area (Å²) in [5.41, 5.74) is 6.78. The number of aliphatic hydroxyl groups is 1. The molecule has 2 rings (SSSR count). The first-order valence-electron chi connectivity index (χ1n) is 6.66. The van der Waals surface area contributed by atoms with Gasteiger partial charge in [0, 0.05) is 5.56 Å². The predicted molar refractivity (Wildman–Crippen MR) is 82.8 cm³/mol. The molecule has 0 radical (unpaired) electrons. The first kappa shape index (κ1) is 16.5. The maximum Gasteiger partial charge on any atom is 0.125 e. The van der Waals surface area contributed by atoms with E-state index in [1.54, 1.807) is 31.4 Å². The van der Waals surface area contributed by atoms with Gasteiger partial charge in [0.25, 0.3) is 0 Å². The molecule has 22 heavy (non-hydrogen) atoms. The standard InChI is InChI=1S/C16H17ClFNO3/c1-21-11-2-4-12(5-3-11)22-9-14-13(16(19)8-20)6-10(18)7-15(14)17/h2-7,16,20H,8-9,19H2,1H3. The molecule has 0 aliphatic carbocycles. The van der Waals surface area contributed by atoms with Gasteiger partial charge in [-0.2, -0.15) is 0 Å². The number of hydrogen-bond acceptors (Lipinski definition) is 4. The number of ether oxygens (including phenoxy) is 2. The molecular weight excluding hydrogens is 309 g/mol. The van der Waals surface area contributed by atoms with E-state index in [0.29, 0.717) is 16.9 Å². The third kappa shape index (κ3) is 3.88. The first-order chi connectivity index (χ1) is 10.5. The second kappa shape index (κ2) is 7.45. The third-order valence-corrected chi connectivity index (χ3v) is 3.57. The Morgan fingerprint density at radius 1 is 1.23 bits per heavy atom. The van der Waals surface area contributed by atoms with Crippen molar-refractivity contribution in [2.45, 2.75) is 12.6 Å². The highest BCUT2D eigenvalue weighted by atomic mass is 35.5. The Hall–Kier alpha value is -1.82. The minimum Gasteiger partial charge on any atom is -0.497 e. The summed E-state index contributed by atoms with van der Waals surface area (Å²) < 4.78 is 24.2. The van der Waals surface area contributed by atoms with Crippen LogP contribution in [-0.2, 0) is 6.61 Å². The minimum absolute atomic E-state index is 0.120. The topological polar surface area (TPSA) is 64.7 Å². The van der Waals surface area contributed by atoms with Crippen LogP contribution in [0.4, 0.5) is 4.39 Å². The Morgan fingerprint density at radius 3 is 2.45 bits per heavy atom. The number of benzene rings is 2. The lowest BCUT2D eigenvalue weighted by Gasteiger charge is -2.17. The van der Waals surface area contributed by atoms with Gasteiger partial charge in [0.1, 0.15) is 23.9 Å². The Morgan fingerprint density at radius 2 is 1.86 bits per heavy atom. The fourth-order valence-corrected chi connectivity index (χ4v) is 2.30. The van der Waals surface area contributed by atoms with Gasteiger partial charge in [0.05, 0.1) is 24.8 Å². The molecule has 0 bridgehead atoms. The van der Waals surface area contributed by atoms with E-state index in [0.717, 1.165) is 5.75 Å². The second-order valence-electron chi connectivity index (χ2n) is 4.71. The van der Waals surface area contributed by atoms with Gasteiger partial charge < -0.3 is 20.3 Å². The second-order valence-corrected chi connectivity index (χ2v) is 5.12. The van der Waals surface area contributed by atoms with Crippen molar-refractivity contribution in [3.05, 3.63) is 58.4 Å². The van der Waals surface area contributed by atoms with Gasteiger partial charge in [0.15, 0.2) is 0 Å². The number of halogens is 2. The lowest BCUT2D eigenvalue weighted by Crippen LogP contribution is -2.18. The zero-order valence-corrected chi connectivity index (χ0v) is 12.8. The average Bonchev–Trinajstić information content (AvgIpc) is 2.53. The highest BCUT2D eigenvalue weighted by Gasteiger charge is 2.16. The van der Waals surface area contributed by atoms with Crippen LogP contribution in [0.15, 0.2) is 36.4 Å². The lowest BCUT2D eigenvalue weighted by atomic mass is 10.0. The summed E-state index contributed by atoms with van der Waals surface area (Å²) in [5.74, 6) is 0.831. The summed E-state index contributed by atoms with van der Waals surface area (Å²) >= 11 is 6.07. The molecule has 0 saturated carbocycles. The Bertz CT molecular complexity index is 634. The summed E-state index contributed by atoms with van der Waals surface area (Å²) in [6.45, 7) is -0.191. The van der Waals surface area contributed by atoms with Gasteiger partial charge in [-0.05, 0) is 42.0 Å². The van der Waals surface area contributed by atoms with Gasteiger partial charge in [-0.25, -0.2) is 4.39 Å². The summed E-state index contributed by atoms with van der Waals surface area (Å²) in [4.78, 5) is 0. The zero-order chi connectivity index (χ0) is 16.1. The largest absolute Gasteiger partial charge is 0.497 e. The predicted octanol–water partition coefficient (Wildman–Crippen LogP) is 3.06. The van der Waals surface area contributed by atoms with E-state index >= 15 is 0 Å². The fraction of sp³-hybridized carbons (Fsp3) is 0.250. The Balaban J connectivity index is 2.20. The van der Waals surface area contributed by atoms with Gasteiger partial charge in [-0.3, -0.25) is 0 Å². The molecule has 1 atom stereocenters. The van der Waals surface area contributed by atoms with Crippen LogP contribution in [0.3, 0.4) is 0 Å². The van der Waals surface area contributed by atoms with E-state index < -0.39 is 11.9 Å². The molecule has 0 aromatic heterocycles. The van der Waals surface area contributed by atoms with Crippen LogP contribution < -0.4 is 15.2 Å². The van der Waals surface area contributed by atoms with Crippen molar-refractivity contribution in [2.24, 2.45) is 5.73 Å². The van der Waals surface area contributed by atoms with E-state index in [1.807, 2.05) is 0 Å². The molecule has 0 aliphatic heterocycles. The molecule has 1 unspecified atom stereocenters. The highest BCUT2D eigenvalue weighted by molar-refractivity contribution is 6.31. The van der Waals surface area contributed by atoms with Crippen molar-refractivity contribution in [3.63, 3.8) is 0 Å². The van der Waals surface area contributed by atoms with Gasteiger partial charge in [-0.1, -0.05) is 11.6 Å². The number of rotatable bonds is 6. The van der Waals surface area contributed by atoms with Crippen LogP contribution in [-0.4, -0.2) is 18.8 Å². The highest BCUT2D eigenvalue weighted by Crippen LogP contribution is 2.28. The van der Waals surface area contributed by atoms with Crippen LogP contribution in [0, 0.1) is 5.82 Å². The summed E-state index contributed by atoms with van der Waals surface area (Å²) in [6.07, 6.45) is 0. The number of methoxy groups -OCH3 is 1. The van der Waals surface area contributed by atoms with Gasteiger partial charge in [0.2, 0.25) is 0 Å². The van der Waals surface area contributed by atoms with Gasteiger partial charge >= 0.3 is 0 Å². The third-order valence-electron chi connectivity index (χ3n) is 3.23. The molecule has 4 nitrogen and oxygen atoms in total. The summed E-state index contributed by atoms with van der Waals surface area (Å²) in [7, 11) is 1.58. The molecule has 0 fully saturated rings. The molecule has 6 heteroatoms. The van der Waals surface area contributed by atoms with Crippen molar-refractivity contribution in [2.75, 3.05) is 13.7 Å². The van der Waals surface area contributed by atoms with E-state index in [9.17, 15) is 9.50 Å². The molecule has 2 aromatic rings. The molecule has 0 saturated heterocycles. The molecule has 0 spiro atoms. The first-order valence-corrected chi connectivity index (χ1v) is 7.04. The molecular formula is C16H17ClFNO3. The molecule has 0 amide bonds. The van der Waals surface area contributed by atoms with Crippen molar-refractivity contribution >= 4 is 11.6 Å². The summed E-state index contributed by atoms with van der Waals surface area (Å²) in [5, 5.41) is 9.41. The molecule has 3 N–H and O–H groups in total. The van der Waals surface area contributed by atoms with E-state index in [-0.39, 0.29) is 18.2 Å². The van der Waals surface area contributed by atoms with E-state index in [2.05, 4.69) is 0 Å². The van der Waals surface area contributed by atoms with Crippen LogP contribution >= 0.6 is 11.6 Å². The Labute approximate surface area is 133 Å². The minimum atomic E-state index is -0.720. The average molecular weight is 326 g/mol. The normalized spacial score (nSPS) is 12.0. The smallest absolute Gasteiger partial charge is 0.125 e. The Kier molecular flexibility index (Phi) is 5.60. The maximum atomic E-state index is 13.5. The monoisotopic (exact) mass is 325 g/mol. The van der Waals surface area contributed by atoms with E-state index in [1.165, 1.54) is 12.1 Å². The van der Waals surface area contributed by atoms with Crippen molar-refractivity contribution in [3.8, 4) is 11.5 Å². The van der Waals surface area contributed by atoms with Crippen LogP contribution in [0.5, 0.6) is 11.5 Å². The quantitative estimate of drug-likeness (QED) is 0.856. The number of hydrogen-bond donors (Lipinski definition) is 2. The van der Waals surface area contributed by atoms with Gasteiger partial charge in [-0.15, -0.1) is 0 Å². The van der Waals surface area contributed by atoms with Crippen molar-refractivity contribution in [1.82, 2.24) is 0 Å². The van der Waals surface area contributed by atoms with Crippen LogP contribution in [0.25, 0.3) is 0 Å². The van der Waals surface area contributed by atoms with Crippen molar-refractivity contribution in [1.29, 1.82) is 0 Å². The summed E-state index contributed by atoms with van der Waals surface area (Å²) in [6, 6.07) is 8.78. The van der Waals surface area contributed by atoms with Crippen LogP contribution in [0.2, 0.25) is 5.02 Å². The SMILES string of the molecule is COc1ccc(OCc2c(Cl)cc(F)cc2C(N)CO)cc1.